The van der Waals surface area contributed by atoms with Gasteiger partial charge in [0.1, 0.15) is 11.3 Å². The van der Waals surface area contributed by atoms with Crippen molar-refractivity contribution in [2.24, 2.45) is 4.99 Å². The van der Waals surface area contributed by atoms with Crippen molar-refractivity contribution in [1.29, 1.82) is 0 Å². The number of fused-ring (bicyclic) bond motifs is 1. The van der Waals surface area contributed by atoms with Gasteiger partial charge < -0.3 is 18.8 Å². The minimum atomic E-state index is 0.666. The Morgan fingerprint density at radius 2 is 1.73 bits per heavy atom. The van der Waals surface area contributed by atoms with Crippen LogP contribution in [-0.2, 0) is 0 Å². The van der Waals surface area contributed by atoms with Crippen molar-refractivity contribution >= 4 is 11.0 Å². The van der Waals surface area contributed by atoms with E-state index >= 15 is 0 Å². The van der Waals surface area contributed by atoms with Crippen LogP contribution in [0.25, 0.3) is 22.3 Å². The van der Waals surface area contributed by atoms with Crippen LogP contribution in [0.1, 0.15) is 0 Å². The van der Waals surface area contributed by atoms with E-state index in [9.17, 15) is 0 Å². The van der Waals surface area contributed by atoms with Crippen LogP contribution in [0.15, 0.2) is 57.9 Å². The summed E-state index contributed by atoms with van der Waals surface area (Å²) in [4.78, 5) is 6.90. The third-order valence-electron chi connectivity index (χ3n) is 4.15. The van der Waals surface area contributed by atoms with Crippen molar-refractivity contribution in [2.45, 2.75) is 0 Å². The van der Waals surface area contributed by atoms with Gasteiger partial charge in [0.05, 0.1) is 26.1 Å². The third-order valence-corrected chi connectivity index (χ3v) is 4.15. The summed E-state index contributed by atoms with van der Waals surface area (Å²) in [5.74, 6) is 2.10. The van der Waals surface area contributed by atoms with Crippen molar-refractivity contribution in [1.82, 2.24) is 4.90 Å². The fourth-order valence-corrected chi connectivity index (χ4v) is 2.75. The zero-order valence-corrected chi connectivity index (χ0v) is 15.7. The van der Waals surface area contributed by atoms with E-state index in [4.69, 9.17) is 18.9 Å². The molecule has 0 saturated carbocycles. The number of likely N-dealkylation sites (N-methyl/N-ethyl adjacent to an activating group) is 1. The second kappa shape index (κ2) is 8.06. The molecule has 0 fully saturated rings. The van der Waals surface area contributed by atoms with Gasteiger partial charge >= 0.3 is 0 Å². The highest BCUT2D eigenvalue weighted by atomic mass is 16.5. The van der Waals surface area contributed by atoms with E-state index in [0.717, 1.165) is 40.7 Å². The zero-order valence-electron chi connectivity index (χ0n) is 15.7. The van der Waals surface area contributed by atoms with Gasteiger partial charge in [0, 0.05) is 23.6 Å². The summed E-state index contributed by atoms with van der Waals surface area (Å²) in [6.07, 6.45) is 0. The Morgan fingerprint density at radius 1 is 0.962 bits per heavy atom. The van der Waals surface area contributed by atoms with E-state index in [1.807, 2.05) is 62.6 Å². The normalized spacial score (nSPS) is 12.0. The number of nitrogens with zero attached hydrogens (tertiary/aromatic N) is 2. The molecule has 0 aliphatic heterocycles. The van der Waals surface area contributed by atoms with Crippen LogP contribution in [0.5, 0.6) is 11.5 Å². The van der Waals surface area contributed by atoms with Crippen LogP contribution in [0.4, 0.5) is 0 Å². The summed E-state index contributed by atoms with van der Waals surface area (Å²) in [5.41, 5.74) is 1.72. The molecule has 26 heavy (non-hydrogen) atoms. The maximum atomic E-state index is 6.12. The van der Waals surface area contributed by atoms with Crippen LogP contribution in [0, 0.1) is 0 Å². The van der Waals surface area contributed by atoms with Gasteiger partial charge in [-0.25, -0.2) is 0 Å². The lowest BCUT2D eigenvalue weighted by atomic mass is 10.1. The fraction of sp³-hybridized carbons (Fsp3) is 0.286. The quantitative estimate of drug-likeness (QED) is 0.680. The molecule has 2 aromatic carbocycles. The molecular weight excluding hydrogens is 328 g/mol. The molecule has 0 radical (unpaired) electrons. The van der Waals surface area contributed by atoms with Gasteiger partial charge in [0.25, 0.3) is 0 Å². The molecule has 3 aromatic rings. The molecule has 5 heteroatoms. The molecule has 0 spiro atoms. The molecule has 136 valence electrons. The summed E-state index contributed by atoms with van der Waals surface area (Å²) >= 11 is 0. The minimum absolute atomic E-state index is 0.666. The van der Waals surface area contributed by atoms with E-state index in [-0.39, 0.29) is 0 Å². The lowest BCUT2D eigenvalue weighted by molar-refractivity contribution is 0.355. The van der Waals surface area contributed by atoms with Crippen LogP contribution < -0.4 is 14.8 Å². The van der Waals surface area contributed by atoms with Gasteiger partial charge in [0.15, 0.2) is 11.5 Å². The van der Waals surface area contributed by atoms with Crippen LogP contribution in [0.2, 0.25) is 0 Å². The predicted molar refractivity (Wildman–Crippen MR) is 104 cm³/mol. The molecule has 0 unspecified atom stereocenters. The number of benzene rings is 2. The van der Waals surface area contributed by atoms with Gasteiger partial charge in [-0.2, -0.15) is 0 Å². The van der Waals surface area contributed by atoms with Crippen LogP contribution in [-0.4, -0.2) is 46.3 Å². The fourth-order valence-electron chi connectivity index (χ4n) is 2.75. The zero-order chi connectivity index (χ0) is 18.5. The molecule has 0 bridgehead atoms. The smallest absolute Gasteiger partial charge is 0.161 e. The van der Waals surface area contributed by atoms with Crippen molar-refractivity contribution in [3.05, 3.63) is 53.9 Å². The largest absolute Gasteiger partial charge is 0.493 e. The Hall–Kier alpha value is -2.79. The Kier molecular flexibility index (Phi) is 5.58. The number of hydrogen-bond acceptors (Lipinski definition) is 5. The van der Waals surface area contributed by atoms with E-state index in [2.05, 4.69) is 4.90 Å². The first-order valence-corrected chi connectivity index (χ1v) is 8.53. The number of para-hydroxylation sites is 1. The lowest BCUT2D eigenvalue weighted by Crippen LogP contribution is -2.17. The monoisotopic (exact) mass is 352 g/mol. The van der Waals surface area contributed by atoms with E-state index in [1.165, 1.54) is 0 Å². The Bertz CT molecular complexity index is 961. The highest BCUT2D eigenvalue weighted by molar-refractivity contribution is 5.78. The molecule has 0 amide bonds. The van der Waals surface area contributed by atoms with Crippen molar-refractivity contribution in [3.8, 4) is 22.8 Å². The second-order valence-electron chi connectivity index (χ2n) is 6.25. The highest BCUT2D eigenvalue weighted by Gasteiger charge is 2.10. The molecule has 3 rings (SSSR count). The van der Waals surface area contributed by atoms with Gasteiger partial charge in [-0.1, -0.05) is 12.1 Å². The number of methoxy groups -OCH3 is 2. The molecule has 1 heterocycles. The average molecular weight is 352 g/mol. The van der Waals surface area contributed by atoms with Crippen LogP contribution in [0.3, 0.4) is 0 Å². The maximum Gasteiger partial charge on any atom is 0.161 e. The molecule has 0 atom stereocenters. The van der Waals surface area contributed by atoms with Crippen molar-refractivity contribution in [2.75, 3.05) is 41.4 Å². The Balaban J connectivity index is 2.12. The Labute approximate surface area is 153 Å². The molecule has 0 aliphatic rings. The molecule has 0 N–H and O–H groups in total. The summed E-state index contributed by atoms with van der Waals surface area (Å²) in [6, 6.07) is 15.7. The van der Waals surface area contributed by atoms with E-state index < -0.39 is 0 Å². The lowest BCUT2D eigenvalue weighted by Gasteiger charge is -2.10. The van der Waals surface area contributed by atoms with Crippen molar-refractivity contribution in [3.63, 3.8) is 0 Å². The molecular formula is C21H24N2O3. The van der Waals surface area contributed by atoms with Gasteiger partial charge in [-0.05, 0) is 44.4 Å². The van der Waals surface area contributed by atoms with Gasteiger partial charge in [-0.15, -0.1) is 0 Å². The molecule has 0 aliphatic carbocycles. The number of rotatable bonds is 6. The number of hydrogen-bond donors (Lipinski definition) is 0. The molecule has 0 saturated heterocycles. The summed E-state index contributed by atoms with van der Waals surface area (Å²) < 4.78 is 16.9. The number of ether oxygens (including phenoxy) is 2. The van der Waals surface area contributed by atoms with Gasteiger partial charge in [0.2, 0.25) is 0 Å². The summed E-state index contributed by atoms with van der Waals surface area (Å²) in [5, 5.41) is 1.94. The summed E-state index contributed by atoms with van der Waals surface area (Å²) in [6.45, 7) is 1.62. The SMILES string of the molecule is COc1ccc(-c2cc(=NCCN(C)C)c3ccccc3o2)cc1OC. The second-order valence-corrected chi connectivity index (χ2v) is 6.25. The highest BCUT2D eigenvalue weighted by Crippen LogP contribution is 2.32. The van der Waals surface area contributed by atoms with E-state index in [1.54, 1.807) is 14.2 Å². The first-order valence-electron chi connectivity index (χ1n) is 8.53. The standard InChI is InChI=1S/C21H24N2O3/c1-23(2)12-11-22-17-14-20(26-18-8-6-5-7-16(17)18)15-9-10-19(24-3)21(13-15)25-4/h5-10,13-14H,11-12H2,1-4H3. The Morgan fingerprint density at radius 3 is 2.46 bits per heavy atom. The predicted octanol–water partition coefficient (Wildman–Crippen LogP) is 3.58. The first-order chi connectivity index (χ1) is 12.6. The average Bonchev–Trinajstić information content (AvgIpc) is 2.66. The third kappa shape index (κ3) is 3.89. The topological polar surface area (TPSA) is 47.2 Å². The van der Waals surface area contributed by atoms with Crippen molar-refractivity contribution < 1.29 is 13.9 Å². The van der Waals surface area contributed by atoms with E-state index in [0.29, 0.717) is 11.5 Å². The molecule has 5 nitrogen and oxygen atoms in total. The van der Waals surface area contributed by atoms with Crippen LogP contribution >= 0.6 is 0 Å². The minimum Gasteiger partial charge on any atom is -0.493 e. The van der Waals surface area contributed by atoms with Gasteiger partial charge in [-0.3, -0.25) is 4.99 Å². The molecule has 1 aromatic heterocycles. The first kappa shape index (κ1) is 18.0. The maximum absolute atomic E-state index is 6.12. The summed E-state index contributed by atoms with van der Waals surface area (Å²) in [7, 11) is 7.34.